The lowest BCUT2D eigenvalue weighted by Gasteiger charge is -2.28. The molecule has 0 saturated heterocycles. The zero-order valence-electron chi connectivity index (χ0n) is 11.8. The van der Waals surface area contributed by atoms with Gasteiger partial charge < -0.3 is 4.57 Å². The van der Waals surface area contributed by atoms with Gasteiger partial charge in [0.2, 0.25) is 0 Å². The molecule has 0 aliphatic heterocycles. The van der Waals surface area contributed by atoms with Gasteiger partial charge in [0.1, 0.15) is 0 Å². The van der Waals surface area contributed by atoms with Crippen LogP contribution >= 0.6 is 11.3 Å². The van der Waals surface area contributed by atoms with Crippen LogP contribution in [0.2, 0.25) is 0 Å². The minimum Gasteiger partial charge on any atom is -0.341 e. The zero-order valence-corrected chi connectivity index (χ0v) is 12.6. The number of carbonyl (C=O) groups is 1. The van der Waals surface area contributed by atoms with E-state index in [0.717, 1.165) is 24.8 Å². The lowest BCUT2D eigenvalue weighted by atomic mass is 9.92. The van der Waals surface area contributed by atoms with Gasteiger partial charge in [-0.25, -0.2) is 0 Å². The van der Waals surface area contributed by atoms with Crippen LogP contribution in [0.1, 0.15) is 63.9 Å². The molecule has 1 atom stereocenters. The smallest absolute Gasteiger partial charge is 0.164 e. The number of aryl methyl sites for hydroxylation is 2. The van der Waals surface area contributed by atoms with Crippen LogP contribution in [-0.4, -0.2) is 10.4 Å². The number of hydrogen-bond donors (Lipinski definition) is 0. The SMILES string of the molecule is Cc1cc2c(n1C1CCCc3sccc31)CCCC2=O. The molecule has 2 aromatic heterocycles. The number of Topliss-reactive ketones (excluding diaryl/α,β-unsaturated/α-hetero) is 1. The van der Waals surface area contributed by atoms with E-state index in [0.29, 0.717) is 11.8 Å². The minimum absolute atomic E-state index is 0.342. The first-order chi connectivity index (χ1) is 9.75. The Balaban J connectivity index is 1.87. The van der Waals surface area contributed by atoms with Gasteiger partial charge in [0.25, 0.3) is 0 Å². The largest absolute Gasteiger partial charge is 0.341 e. The fourth-order valence-corrected chi connectivity index (χ4v) is 4.90. The molecule has 0 N–H and O–H groups in total. The highest BCUT2D eigenvalue weighted by Gasteiger charge is 2.29. The number of thiophene rings is 1. The summed E-state index contributed by atoms with van der Waals surface area (Å²) in [4.78, 5) is 13.7. The Kier molecular flexibility index (Phi) is 2.84. The van der Waals surface area contributed by atoms with E-state index in [-0.39, 0.29) is 0 Å². The van der Waals surface area contributed by atoms with Gasteiger partial charge in [-0.3, -0.25) is 4.79 Å². The van der Waals surface area contributed by atoms with Crippen molar-refractivity contribution in [1.82, 2.24) is 4.57 Å². The molecule has 0 spiro atoms. The Labute approximate surface area is 123 Å². The number of aromatic nitrogens is 1. The highest BCUT2D eigenvalue weighted by molar-refractivity contribution is 7.10. The lowest BCUT2D eigenvalue weighted by Crippen LogP contribution is -2.21. The summed E-state index contributed by atoms with van der Waals surface area (Å²) < 4.78 is 2.47. The summed E-state index contributed by atoms with van der Waals surface area (Å²) in [5, 5.41) is 2.22. The Morgan fingerprint density at radius 3 is 3.05 bits per heavy atom. The molecule has 20 heavy (non-hydrogen) atoms. The summed E-state index contributed by atoms with van der Waals surface area (Å²) in [5.74, 6) is 0.342. The molecule has 2 aliphatic carbocycles. The molecule has 104 valence electrons. The minimum atomic E-state index is 0.342. The molecule has 0 amide bonds. The van der Waals surface area contributed by atoms with Gasteiger partial charge in [-0.1, -0.05) is 0 Å². The van der Waals surface area contributed by atoms with Crippen LogP contribution in [0.25, 0.3) is 0 Å². The first kappa shape index (κ1) is 12.4. The Morgan fingerprint density at radius 2 is 2.15 bits per heavy atom. The molecule has 2 nitrogen and oxygen atoms in total. The van der Waals surface area contributed by atoms with E-state index < -0.39 is 0 Å². The zero-order chi connectivity index (χ0) is 13.7. The molecule has 0 bridgehead atoms. The predicted octanol–water partition coefficient (Wildman–Crippen LogP) is 4.30. The summed E-state index contributed by atoms with van der Waals surface area (Å²) in [6, 6.07) is 4.87. The maximum Gasteiger partial charge on any atom is 0.164 e. The molecular weight excluding hydrogens is 266 g/mol. The molecule has 1 unspecified atom stereocenters. The van der Waals surface area contributed by atoms with Crippen LogP contribution in [0.3, 0.4) is 0 Å². The Bertz CT molecular complexity index is 679. The van der Waals surface area contributed by atoms with Gasteiger partial charge in [0, 0.05) is 28.2 Å². The number of ketones is 1. The van der Waals surface area contributed by atoms with Gasteiger partial charge >= 0.3 is 0 Å². The van der Waals surface area contributed by atoms with Crippen LogP contribution in [-0.2, 0) is 12.8 Å². The van der Waals surface area contributed by atoms with Crippen molar-refractivity contribution in [2.75, 3.05) is 0 Å². The third-order valence-electron chi connectivity index (χ3n) is 4.78. The van der Waals surface area contributed by atoms with E-state index in [2.05, 4.69) is 29.0 Å². The van der Waals surface area contributed by atoms with Crippen LogP contribution in [0.15, 0.2) is 17.5 Å². The molecule has 3 heteroatoms. The number of hydrogen-bond acceptors (Lipinski definition) is 2. The molecular formula is C17H19NOS. The molecule has 2 heterocycles. The van der Waals surface area contributed by atoms with Crippen LogP contribution < -0.4 is 0 Å². The maximum absolute atomic E-state index is 12.1. The van der Waals surface area contributed by atoms with E-state index >= 15 is 0 Å². The highest BCUT2D eigenvalue weighted by atomic mass is 32.1. The molecule has 0 radical (unpaired) electrons. The molecule has 0 fully saturated rings. The van der Waals surface area contributed by atoms with E-state index in [4.69, 9.17) is 0 Å². The quantitative estimate of drug-likeness (QED) is 0.765. The van der Waals surface area contributed by atoms with Crippen molar-refractivity contribution in [3.05, 3.63) is 44.9 Å². The van der Waals surface area contributed by atoms with Crippen molar-refractivity contribution in [3.8, 4) is 0 Å². The number of carbonyl (C=O) groups excluding carboxylic acids is 1. The topological polar surface area (TPSA) is 22.0 Å². The second-order valence-electron chi connectivity index (χ2n) is 6.00. The molecule has 0 saturated carbocycles. The second-order valence-corrected chi connectivity index (χ2v) is 7.00. The number of rotatable bonds is 1. The number of fused-ring (bicyclic) bond motifs is 2. The monoisotopic (exact) mass is 285 g/mol. The van der Waals surface area contributed by atoms with Crippen LogP contribution in [0.5, 0.6) is 0 Å². The average Bonchev–Trinajstić information content (AvgIpc) is 3.03. The first-order valence-electron chi connectivity index (χ1n) is 7.56. The van der Waals surface area contributed by atoms with Gasteiger partial charge in [0.15, 0.2) is 5.78 Å². The maximum atomic E-state index is 12.1. The van der Waals surface area contributed by atoms with E-state index in [1.807, 2.05) is 11.3 Å². The van der Waals surface area contributed by atoms with E-state index in [1.165, 1.54) is 36.2 Å². The first-order valence-corrected chi connectivity index (χ1v) is 8.44. The predicted molar refractivity (Wildman–Crippen MR) is 81.8 cm³/mol. The normalized spacial score (nSPS) is 21.6. The summed E-state index contributed by atoms with van der Waals surface area (Å²) >= 11 is 1.89. The highest BCUT2D eigenvalue weighted by Crippen LogP contribution is 2.39. The van der Waals surface area contributed by atoms with Crippen molar-refractivity contribution in [2.45, 2.75) is 51.5 Å². The fraction of sp³-hybridized carbons (Fsp3) is 0.471. The number of nitrogens with zero attached hydrogens (tertiary/aromatic N) is 1. The Hall–Kier alpha value is -1.35. The van der Waals surface area contributed by atoms with Gasteiger partial charge in [-0.15, -0.1) is 11.3 Å². The Morgan fingerprint density at radius 1 is 1.25 bits per heavy atom. The average molecular weight is 285 g/mol. The van der Waals surface area contributed by atoms with Crippen molar-refractivity contribution in [2.24, 2.45) is 0 Å². The van der Waals surface area contributed by atoms with Crippen LogP contribution in [0, 0.1) is 6.92 Å². The summed E-state index contributed by atoms with van der Waals surface area (Å²) in [6.07, 6.45) is 6.50. The molecule has 4 rings (SSSR count). The van der Waals surface area contributed by atoms with Crippen molar-refractivity contribution < 1.29 is 4.79 Å². The third kappa shape index (κ3) is 1.72. The van der Waals surface area contributed by atoms with Crippen molar-refractivity contribution >= 4 is 17.1 Å². The summed E-state index contributed by atoms with van der Waals surface area (Å²) in [7, 11) is 0. The summed E-state index contributed by atoms with van der Waals surface area (Å²) in [6.45, 7) is 2.16. The fourth-order valence-electron chi connectivity index (χ4n) is 3.92. The third-order valence-corrected chi connectivity index (χ3v) is 5.78. The standard InChI is InChI=1S/C17H19NOS/c1-11-10-13-15(4-2-6-16(13)19)18(11)14-5-3-7-17-12(14)8-9-20-17/h8-10,14H,2-7H2,1H3. The van der Waals surface area contributed by atoms with Gasteiger partial charge in [0.05, 0.1) is 6.04 Å². The van der Waals surface area contributed by atoms with Gasteiger partial charge in [-0.2, -0.15) is 0 Å². The van der Waals surface area contributed by atoms with Crippen molar-refractivity contribution in [1.29, 1.82) is 0 Å². The van der Waals surface area contributed by atoms with Crippen LogP contribution in [0.4, 0.5) is 0 Å². The second kappa shape index (κ2) is 4.59. The summed E-state index contributed by atoms with van der Waals surface area (Å²) in [5.41, 5.74) is 5.05. The van der Waals surface area contributed by atoms with E-state index in [1.54, 1.807) is 4.88 Å². The molecule has 2 aromatic rings. The van der Waals surface area contributed by atoms with Crippen molar-refractivity contribution in [3.63, 3.8) is 0 Å². The van der Waals surface area contributed by atoms with E-state index in [9.17, 15) is 4.79 Å². The van der Waals surface area contributed by atoms with Gasteiger partial charge in [-0.05, 0) is 62.1 Å². The molecule has 0 aromatic carbocycles. The molecule has 2 aliphatic rings. The lowest BCUT2D eigenvalue weighted by molar-refractivity contribution is 0.0971.